The first-order valence-corrected chi connectivity index (χ1v) is 10.3. The Morgan fingerprint density at radius 1 is 1.17 bits per heavy atom. The van der Waals surface area contributed by atoms with Gasteiger partial charge in [0.15, 0.2) is 0 Å². The molecule has 0 bridgehead atoms. The second-order valence-corrected chi connectivity index (χ2v) is 8.80. The summed E-state index contributed by atoms with van der Waals surface area (Å²) in [5, 5.41) is 2.73. The normalized spacial score (nSPS) is 11.3. The molecule has 8 heteroatoms. The third-order valence-electron chi connectivity index (χ3n) is 3.21. The number of nitrogens with one attached hydrogen (secondary N) is 2. The Hall–Kier alpha value is -1.35. The average molecular weight is 429 g/mol. The van der Waals surface area contributed by atoms with Gasteiger partial charge in [-0.1, -0.05) is 22.0 Å². The van der Waals surface area contributed by atoms with Crippen LogP contribution in [0.5, 0.6) is 0 Å². The van der Waals surface area contributed by atoms with Crippen LogP contribution in [0.2, 0.25) is 0 Å². The molecule has 0 aromatic heterocycles. The van der Waals surface area contributed by atoms with Crippen molar-refractivity contribution in [2.24, 2.45) is 0 Å². The number of halogens is 1. The summed E-state index contributed by atoms with van der Waals surface area (Å²) in [4.78, 5) is 13.2. The Morgan fingerprint density at radius 2 is 1.83 bits per heavy atom. The van der Waals surface area contributed by atoms with Crippen molar-refractivity contribution in [3.63, 3.8) is 0 Å². The van der Waals surface area contributed by atoms with Crippen LogP contribution in [0, 0.1) is 6.92 Å². The van der Waals surface area contributed by atoms with Crippen molar-refractivity contribution < 1.29 is 13.2 Å². The third kappa shape index (κ3) is 5.07. The Morgan fingerprint density at radius 3 is 2.46 bits per heavy atom. The maximum absolute atomic E-state index is 12.1. The monoisotopic (exact) mass is 428 g/mol. The summed E-state index contributed by atoms with van der Waals surface area (Å²) < 4.78 is 27.2. The van der Waals surface area contributed by atoms with Gasteiger partial charge in [0.1, 0.15) is 0 Å². The van der Waals surface area contributed by atoms with Gasteiger partial charge in [-0.25, -0.2) is 13.1 Å². The minimum absolute atomic E-state index is 0.156. The van der Waals surface area contributed by atoms with Gasteiger partial charge >= 0.3 is 0 Å². The van der Waals surface area contributed by atoms with Gasteiger partial charge in [0.2, 0.25) is 15.9 Å². The molecule has 0 spiro atoms. The van der Waals surface area contributed by atoms with E-state index in [-0.39, 0.29) is 16.6 Å². The minimum atomic E-state index is -3.56. The van der Waals surface area contributed by atoms with Crippen LogP contribution in [0.3, 0.4) is 0 Å². The molecule has 0 heterocycles. The van der Waals surface area contributed by atoms with Crippen molar-refractivity contribution in [1.82, 2.24) is 4.72 Å². The molecule has 0 atom stereocenters. The summed E-state index contributed by atoms with van der Waals surface area (Å²) in [7, 11) is -2.20. The predicted octanol–water partition coefficient (Wildman–Crippen LogP) is 3.40. The maximum atomic E-state index is 12.1. The SMILES string of the molecule is CNS(=O)(=O)c1cc(NC(=O)CSc2ccc(Br)cc2)ccc1C. The Balaban J connectivity index is 2.04. The van der Waals surface area contributed by atoms with Crippen LogP contribution in [0.25, 0.3) is 0 Å². The number of hydrogen-bond acceptors (Lipinski definition) is 4. The standard InChI is InChI=1S/C16H17BrN2O3S2/c1-11-3-6-13(9-15(11)24(21,22)18-2)19-16(20)10-23-14-7-4-12(17)5-8-14/h3-9,18H,10H2,1-2H3,(H,19,20). The number of carbonyl (C=O) groups excluding carboxylic acids is 1. The van der Waals surface area contributed by atoms with Gasteiger partial charge in [-0.2, -0.15) is 0 Å². The molecule has 1 amide bonds. The van der Waals surface area contributed by atoms with Crippen molar-refractivity contribution in [2.45, 2.75) is 16.7 Å². The van der Waals surface area contributed by atoms with E-state index in [0.717, 1.165) is 9.37 Å². The number of benzene rings is 2. The fourth-order valence-corrected chi connectivity index (χ4v) is 3.91. The lowest BCUT2D eigenvalue weighted by Crippen LogP contribution is -2.20. The molecule has 2 rings (SSSR count). The summed E-state index contributed by atoms with van der Waals surface area (Å²) in [6, 6.07) is 12.5. The number of anilines is 1. The zero-order valence-corrected chi connectivity index (χ0v) is 16.4. The quantitative estimate of drug-likeness (QED) is 0.691. The molecule has 5 nitrogen and oxygen atoms in total. The fourth-order valence-electron chi connectivity index (χ4n) is 1.95. The van der Waals surface area contributed by atoms with E-state index in [1.807, 2.05) is 24.3 Å². The predicted molar refractivity (Wildman–Crippen MR) is 101 cm³/mol. The van der Waals surface area contributed by atoms with Crippen molar-refractivity contribution in [3.8, 4) is 0 Å². The zero-order chi connectivity index (χ0) is 17.7. The molecule has 0 saturated carbocycles. The van der Waals surface area contributed by atoms with Crippen molar-refractivity contribution in [2.75, 3.05) is 18.1 Å². The minimum Gasteiger partial charge on any atom is -0.325 e. The summed E-state index contributed by atoms with van der Waals surface area (Å²) in [6.45, 7) is 1.71. The van der Waals surface area contributed by atoms with Gasteiger partial charge in [-0.15, -0.1) is 11.8 Å². The molecule has 0 fully saturated rings. The highest BCUT2D eigenvalue weighted by molar-refractivity contribution is 9.10. The first-order valence-electron chi connectivity index (χ1n) is 7.04. The first kappa shape index (κ1) is 19.0. The topological polar surface area (TPSA) is 75.3 Å². The van der Waals surface area contributed by atoms with E-state index in [1.54, 1.807) is 19.1 Å². The lowest BCUT2D eigenvalue weighted by Gasteiger charge is -2.10. The highest BCUT2D eigenvalue weighted by Gasteiger charge is 2.15. The van der Waals surface area contributed by atoms with E-state index >= 15 is 0 Å². The van der Waals surface area contributed by atoms with Crippen LogP contribution in [-0.4, -0.2) is 27.1 Å². The Labute approximate surface area is 154 Å². The lowest BCUT2D eigenvalue weighted by atomic mass is 10.2. The first-order chi connectivity index (χ1) is 11.3. The highest BCUT2D eigenvalue weighted by atomic mass is 79.9. The molecule has 128 valence electrons. The van der Waals surface area contributed by atoms with E-state index in [0.29, 0.717) is 11.3 Å². The second kappa shape index (κ2) is 8.15. The summed E-state index contributed by atoms with van der Waals surface area (Å²) >= 11 is 4.77. The second-order valence-electron chi connectivity index (χ2n) is 4.98. The van der Waals surface area contributed by atoms with Crippen LogP contribution in [0.15, 0.2) is 56.7 Å². The van der Waals surface area contributed by atoms with Gasteiger partial charge in [-0.3, -0.25) is 4.79 Å². The van der Waals surface area contributed by atoms with Crippen LogP contribution in [0.1, 0.15) is 5.56 Å². The molecular weight excluding hydrogens is 412 g/mol. The van der Waals surface area contributed by atoms with Crippen molar-refractivity contribution in [1.29, 1.82) is 0 Å². The van der Waals surface area contributed by atoms with Gasteiger partial charge in [-0.05, 0) is 55.9 Å². The van der Waals surface area contributed by atoms with Gasteiger partial charge in [0.25, 0.3) is 0 Å². The van der Waals surface area contributed by atoms with Crippen LogP contribution in [-0.2, 0) is 14.8 Å². The average Bonchev–Trinajstić information content (AvgIpc) is 2.56. The zero-order valence-electron chi connectivity index (χ0n) is 13.2. The van der Waals surface area contributed by atoms with Crippen molar-refractivity contribution in [3.05, 3.63) is 52.5 Å². The number of amides is 1. The number of rotatable bonds is 6. The van der Waals surface area contributed by atoms with E-state index < -0.39 is 10.0 Å². The van der Waals surface area contributed by atoms with Gasteiger partial charge in [0.05, 0.1) is 10.6 Å². The summed E-state index contributed by atoms with van der Waals surface area (Å²) in [5.41, 5.74) is 1.07. The molecule has 0 aliphatic rings. The molecule has 2 N–H and O–H groups in total. The summed E-state index contributed by atoms with van der Waals surface area (Å²) in [5.74, 6) is 0.0449. The molecule has 0 unspecified atom stereocenters. The van der Waals surface area contributed by atoms with E-state index in [4.69, 9.17) is 0 Å². The lowest BCUT2D eigenvalue weighted by molar-refractivity contribution is -0.113. The highest BCUT2D eigenvalue weighted by Crippen LogP contribution is 2.22. The van der Waals surface area contributed by atoms with E-state index in [2.05, 4.69) is 26.0 Å². The molecule has 2 aromatic rings. The third-order valence-corrected chi connectivity index (χ3v) is 6.31. The molecule has 0 saturated heterocycles. The number of aryl methyl sites for hydroxylation is 1. The molecule has 2 aromatic carbocycles. The van der Waals surface area contributed by atoms with Crippen LogP contribution < -0.4 is 10.0 Å². The van der Waals surface area contributed by atoms with Crippen molar-refractivity contribution >= 4 is 49.3 Å². The molecule has 0 aliphatic heterocycles. The molecule has 0 aliphatic carbocycles. The molecule has 0 radical (unpaired) electrons. The Bertz CT molecular complexity index is 837. The number of carbonyl (C=O) groups is 1. The number of hydrogen-bond donors (Lipinski definition) is 2. The Kier molecular flexibility index (Phi) is 6.45. The van der Waals surface area contributed by atoms with Crippen LogP contribution in [0.4, 0.5) is 5.69 Å². The largest absolute Gasteiger partial charge is 0.325 e. The number of thioether (sulfide) groups is 1. The smallest absolute Gasteiger partial charge is 0.240 e. The van der Waals surface area contributed by atoms with E-state index in [1.165, 1.54) is 24.9 Å². The molecule has 24 heavy (non-hydrogen) atoms. The fraction of sp³-hybridized carbons (Fsp3) is 0.188. The maximum Gasteiger partial charge on any atom is 0.240 e. The van der Waals surface area contributed by atoms with Gasteiger partial charge < -0.3 is 5.32 Å². The molecular formula is C16H17BrN2O3S2. The number of sulfonamides is 1. The van der Waals surface area contributed by atoms with E-state index in [9.17, 15) is 13.2 Å². The van der Waals surface area contributed by atoms with Gasteiger partial charge in [0, 0.05) is 15.1 Å². The van der Waals surface area contributed by atoms with Crippen LogP contribution >= 0.6 is 27.7 Å². The summed E-state index contributed by atoms with van der Waals surface area (Å²) in [6.07, 6.45) is 0.